The van der Waals surface area contributed by atoms with Crippen LogP contribution in [0.2, 0.25) is 0 Å². The molecule has 6 heteroatoms. The van der Waals surface area contributed by atoms with Crippen LogP contribution in [0.5, 0.6) is 11.5 Å². The fourth-order valence-corrected chi connectivity index (χ4v) is 2.29. The van der Waals surface area contributed by atoms with Crippen LogP contribution in [0.25, 0.3) is 0 Å². The number of hydrogen-bond acceptors (Lipinski definition) is 5. The zero-order chi connectivity index (χ0) is 16.2. The lowest BCUT2D eigenvalue weighted by molar-refractivity contribution is 0.0600. The van der Waals surface area contributed by atoms with Gasteiger partial charge in [-0.05, 0) is 30.3 Å². The molecule has 23 heavy (non-hydrogen) atoms. The van der Waals surface area contributed by atoms with Gasteiger partial charge in [0.2, 0.25) is 0 Å². The third-order valence-corrected chi connectivity index (χ3v) is 3.35. The third-order valence-electron chi connectivity index (χ3n) is 3.35. The van der Waals surface area contributed by atoms with Crippen LogP contribution in [0.3, 0.4) is 0 Å². The molecule has 1 amide bonds. The number of hydrogen-bond donors (Lipinski definition) is 1. The van der Waals surface area contributed by atoms with Crippen LogP contribution in [0.4, 0.5) is 5.69 Å². The highest BCUT2D eigenvalue weighted by atomic mass is 16.6. The molecule has 0 saturated carbocycles. The Balaban J connectivity index is 1.84. The number of amides is 1. The van der Waals surface area contributed by atoms with Crippen LogP contribution in [0, 0.1) is 0 Å². The van der Waals surface area contributed by atoms with Crippen LogP contribution < -0.4 is 14.8 Å². The number of nitrogens with one attached hydrogen (secondary N) is 1. The van der Waals surface area contributed by atoms with E-state index in [1.807, 2.05) is 0 Å². The summed E-state index contributed by atoms with van der Waals surface area (Å²) in [5.74, 6) is 0.178. The normalized spacial score (nSPS) is 12.4. The lowest BCUT2D eigenvalue weighted by Crippen LogP contribution is -2.20. The Bertz CT molecular complexity index is 756. The first-order valence-electron chi connectivity index (χ1n) is 7.07. The van der Waals surface area contributed by atoms with E-state index < -0.39 is 5.97 Å². The largest absolute Gasteiger partial charge is 0.486 e. The van der Waals surface area contributed by atoms with Gasteiger partial charge in [-0.15, -0.1) is 0 Å². The maximum atomic E-state index is 12.5. The summed E-state index contributed by atoms with van der Waals surface area (Å²) in [5.41, 5.74) is 1.23. The van der Waals surface area contributed by atoms with E-state index >= 15 is 0 Å². The average Bonchev–Trinajstić information content (AvgIpc) is 2.60. The molecule has 6 nitrogen and oxygen atoms in total. The van der Waals surface area contributed by atoms with E-state index in [-0.39, 0.29) is 5.91 Å². The standard InChI is InChI=1S/C17H15NO5/c1-21-17(20)11-4-2-5-12(10-11)18-16(19)13-6-3-7-14-15(13)23-9-8-22-14/h2-7,10H,8-9H2,1H3,(H,18,19). The Hall–Kier alpha value is -3.02. The number of carbonyl (C=O) groups excluding carboxylic acids is 2. The van der Waals surface area contributed by atoms with Crippen molar-refractivity contribution >= 4 is 17.6 Å². The van der Waals surface area contributed by atoms with Gasteiger partial charge in [-0.2, -0.15) is 0 Å². The van der Waals surface area contributed by atoms with Crippen molar-refractivity contribution in [3.8, 4) is 11.5 Å². The van der Waals surface area contributed by atoms with E-state index in [4.69, 9.17) is 9.47 Å². The van der Waals surface area contributed by atoms with Crippen molar-refractivity contribution < 1.29 is 23.8 Å². The number of ether oxygens (including phenoxy) is 3. The zero-order valence-electron chi connectivity index (χ0n) is 12.5. The minimum Gasteiger partial charge on any atom is -0.486 e. The third kappa shape index (κ3) is 3.11. The number of methoxy groups -OCH3 is 1. The fraction of sp³-hybridized carbons (Fsp3) is 0.176. The highest BCUT2D eigenvalue weighted by Gasteiger charge is 2.20. The highest BCUT2D eigenvalue weighted by molar-refractivity contribution is 6.07. The molecule has 0 aliphatic carbocycles. The van der Waals surface area contributed by atoms with Gasteiger partial charge in [-0.3, -0.25) is 4.79 Å². The monoisotopic (exact) mass is 313 g/mol. The van der Waals surface area contributed by atoms with Gasteiger partial charge in [0.05, 0.1) is 18.2 Å². The van der Waals surface area contributed by atoms with Crippen LogP contribution in [-0.2, 0) is 4.74 Å². The Morgan fingerprint density at radius 2 is 1.87 bits per heavy atom. The molecule has 2 aromatic carbocycles. The number of esters is 1. The number of anilines is 1. The molecular weight excluding hydrogens is 298 g/mol. The lowest BCUT2D eigenvalue weighted by Gasteiger charge is -2.20. The van der Waals surface area contributed by atoms with Gasteiger partial charge >= 0.3 is 5.97 Å². The van der Waals surface area contributed by atoms with Gasteiger partial charge in [0.1, 0.15) is 13.2 Å². The summed E-state index contributed by atoms with van der Waals surface area (Å²) in [7, 11) is 1.31. The summed E-state index contributed by atoms with van der Waals surface area (Å²) in [4.78, 5) is 24.0. The predicted octanol–water partition coefficient (Wildman–Crippen LogP) is 2.50. The second-order valence-electron chi connectivity index (χ2n) is 4.86. The molecule has 0 spiro atoms. The molecular formula is C17H15NO5. The van der Waals surface area contributed by atoms with Crippen molar-refractivity contribution in [2.75, 3.05) is 25.6 Å². The number of para-hydroxylation sites is 1. The SMILES string of the molecule is COC(=O)c1cccc(NC(=O)c2cccc3c2OCCO3)c1. The number of rotatable bonds is 3. The molecule has 3 rings (SSSR count). The summed E-state index contributed by atoms with van der Waals surface area (Å²) < 4.78 is 15.7. The summed E-state index contributed by atoms with van der Waals surface area (Å²) in [5, 5.41) is 2.75. The summed E-state index contributed by atoms with van der Waals surface area (Å²) >= 11 is 0. The molecule has 0 unspecified atom stereocenters. The Morgan fingerprint density at radius 3 is 2.70 bits per heavy atom. The van der Waals surface area contributed by atoms with Crippen LogP contribution in [-0.4, -0.2) is 32.2 Å². The molecule has 0 atom stereocenters. The van der Waals surface area contributed by atoms with Gasteiger partial charge in [-0.25, -0.2) is 4.79 Å². The van der Waals surface area contributed by atoms with Crippen molar-refractivity contribution in [3.63, 3.8) is 0 Å². The highest BCUT2D eigenvalue weighted by Crippen LogP contribution is 2.33. The number of benzene rings is 2. The van der Waals surface area contributed by atoms with Crippen molar-refractivity contribution in [1.29, 1.82) is 0 Å². The maximum absolute atomic E-state index is 12.5. The average molecular weight is 313 g/mol. The minimum atomic E-state index is -0.463. The summed E-state index contributed by atoms with van der Waals surface area (Å²) in [6.45, 7) is 0.856. The first-order valence-corrected chi connectivity index (χ1v) is 7.07. The van der Waals surface area contributed by atoms with E-state index in [1.165, 1.54) is 7.11 Å². The molecule has 0 bridgehead atoms. The molecule has 118 valence electrons. The summed E-state index contributed by atoms with van der Waals surface area (Å²) in [6.07, 6.45) is 0. The van der Waals surface area contributed by atoms with E-state index in [9.17, 15) is 9.59 Å². The zero-order valence-corrected chi connectivity index (χ0v) is 12.5. The van der Waals surface area contributed by atoms with Gasteiger partial charge in [0, 0.05) is 5.69 Å². The van der Waals surface area contributed by atoms with Gasteiger partial charge in [-0.1, -0.05) is 12.1 Å². The van der Waals surface area contributed by atoms with Crippen molar-refractivity contribution in [2.24, 2.45) is 0 Å². The minimum absolute atomic E-state index is 0.339. The topological polar surface area (TPSA) is 73.9 Å². The van der Waals surface area contributed by atoms with Crippen molar-refractivity contribution in [1.82, 2.24) is 0 Å². The quantitative estimate of drug-likeness (QED) is 0.881. The van der Waals surface area contributed by atoms with Gasteiger partial charge in [0.25, 0.3) is 5.91 Å². The molecule has 0 aromatic heterocycles. The molecule has 1 aliphatic heterocycles. The molecule has 1 heterocycles. The van der Waals surface area contributed by atoms with Crippen LogP contribution in [0.1, 0.15) is 20.7 Å². The van der Waals surface area contributed by atoms with Crippen LogP contribution in [0.15, 0.2) is 42.5 Å². The smallest absolute Gasteiger partial charge is 0.337 e. The Kier molecular flexibility index (Phi) is 4.14. The second kappa shape index (κ2) is 6.39. The maximum Gasteiger partial charge on any atom is 0.337 e. The van der Waals surface area contributed by atoms with E-state index in [0.717, 1.165) is 0 Å². The van der Waals surface area contributed by atoms with Gasteiger partial charge < -0.3 is 19.5 Å². The lowest BCUT2D eigenvalue weighted by atomic mass is 10.1. The van der Waals surface area contributed by atoms with Crippen LogP contribution >= 0.6 is 0 Å². The molecule has 0 saturated heterocycles. The molecule has 2 aromatic rings. The second-order valence-corrected chi connectivity index (χ2v) is 4.86. The molecule has 1 N–H and O–H groups in total. The Labute approximate surface area is 133 Å². The van der Waals surface area contributed by atoms with E-state index in [1.54, 1.807) is 42.5 Å². The van der Waals surface area contributed by atoms with Crippen molar-refractivity contribution in [3.05, 3.63) is 53.6 Å². The fourth-order valence-electron chi connectivity index (χ4n) is 2.29. The first-order chi connectivity index (χ1) is 11.2. The Morgan fingerprint density at radius 1 is 1.09 bits per heavy atom. The van der Waals surface area contributed by atoms with Crippen molar-refractivity contribution in [2.45, 2.75) is 0 Å². The van der Waals surface area contributed by atoms with E-state index in [0.29, 0.717) is 41.5 Å². The molecule has 1 aliphatic rings. The summed E-state index contributed by atoms with van der Waals surface area (Å²) in [6, 6.07) is 11.7. The van der Waals surface area contributed by atoms with Gasteiger partial charge in [0.15, 0.2) is 11.5 Å². The number of fused-ring (bicyclic) bond motifs is 1. The predicted molar refractivity (Wildman–Crippen MR) is 83.2 cm³/mol. The van der Waals surface area contributed by atoms with E-state index in [2.05, 4.69) is 10.1 Å². The number of carbonyl (C=O) groups is 2. The first kappa shape index (κ1) is 14.9. The molecule has 0 fully saturated rings. The molecule has 0 radical (unpaired) electrons.